The molecule has 5 atom stereocenters. The van der Waals surface area contributed by atoms with Crippen molar-refractivity contribution in [1.29, 1.82) is 0 Å². The second-order valence-electron chi connectivity index (χ2n) is 5.71. The molecule has 0 spiro atoms. The third-order valence-electron chi connectivity index (χ3n) is 5.17. The molecule has 0 aromatic rings. The van der Waals surface area contributed by atoms with Crippen LogP contribution in [-0.4, -0.2) is 6.04 Å². The van der Waals surface area contributed by atoms with E-state index in [0.29, 0.717) is 6.04 Å². The van der Waals surface area contributed by atoms with E-state index in [0.717, 1.165) is 23.7 Å². The van der Waals surface area contributed by atoms with Crippen LogP contribution in [0, 0.1) is 23.7 Å². The summed E-state index contributed by atoms with van der Waals surface area (Å²) >= 11 is 0. The van der Waals surface area contributed by atoms with Crippen LogP contribution in [0.2, 0.25) is 0 Å². The fraction of sp³-hybridized carbons (Fsp3) is 0.867. The van der Waals surface area contributed by atoms with Gasteiger partial charge in [-0.2, -0.15) is 0 Å². The molecule has 4 unspecified atom stereocenters. The van der Waals surface area contributed by atoms with Gasteiger partial charge >= 0.3 is 0 Å². The monoisotopic (exact) mass is 223 g/mol. The lowest BCUT2D eigenvalue weighted by Gasteiger charge is -2.49. The van der Waals surface area contributed by atoms with Crippen molar-refractivity contribution in [2.45, 2.75) is 60.4 Å². The van der Waals surface area contributed by atoms with E-state index in [1.807, 2.05) is 0 Å². The normalized spacial score (nSPS) is 44.8. The van der Waals surface area contributed by atoms with Crippen LogP contribution < -0.4 is 5.73 Å². The van der Waals surface area contributed by atoms with E-state index in [-0.39, 0.29) is 14.9 Å². The smallest absolute Gasteiger partial charge is 0.0114 e. The molecular weight excluding hydrogens is 194 g/mol. The lowest BCUT2D eigenvalue weighted by atomic mass is 9.56. The Morgan fingerprint density at radius 3 is 2.19 bits per heavy atom. The Labute approximate surface area is 101 Å². The van der Waals surface area contributed by atoms with E-state index in [2.05, 4.69) is 13.8 Å². The highest BCUT2D eigenvalue weighted by atomic mass is 14.7. The average molecular weight is 223 g/mol. The van der Waals surface area contributed by atoms with E-state index in [1.54, 1.807) is 11.1 Å². The SMILES string of the molecule is C.C.CC1C2=C(CC(N)C2)[C@H]2CCC2C1C. The Balaban J connectivity index is 0.000000640. The molecule has 0 aromatic heterocycles. The molecule has 16 heavy (non-hydrogen) atoms. The second kappa shape index (κ2) is 4.52. The van der Waals surface area contributed by atoms with Gasteiger partial charge in [-0.15, -0.1) is 0 Å². The van der Waals surface area contributed by atoms with Crippen molar-refractivity contribution in [3.05, 3.63) is 11.1 Å². The Bertz CT molecular complexity index is 274. The summed E-state index contributed by atoms with van der Waals surface area (Å²) < 4.78 is 0. The second-order valence-corrected chi connectivity index (χ2v) is 5.71. The Hall–Kier alpha value is -0.300. The summed E-state index contributed by atoms with van der Waals surface area (Å²) in [6.45, 7) is 4.88. The number of fused-ring (bicyclic) bond motifs is 2. The standard InChI is InChI=1S/C13H21N.2CH4/c1-7-8(2)12-5-9(14)6-13(12)11-4-3-10(7)11;;/h7-11H,3-6,14H2,1-2H3;2*1H4/t7?,8?,9?,10?,11-;;/m0../s1. The summed E-state index contributed by atoms with van der Waals surface area (Å²) in [6, 6.07) is 0.453. The maximum absolute atomic E-state index is 6.09. The van der Waals surface area contributed by atoms with Crippen LogP contribution in [0.25, 0.3) is 0 Å². The Morgan fingerprint density at radius 1 is 1.00 bits per heavy atom. The fourth-order valence-electron chi connectivity index (χ4n) is 4.04. The molecular formula is C15H29N. The summed E-state index contributed by atoms with van der Waals surface area (Å²) in [4.78, 5) is 0. The largest absolute Gasteiger partial charge is 0.327 e. The van der Waals surface area contributed by atoms with Gasteiger partial charge in [-0.05, 0) is 49.4 Å². The topological polar surface area (TPSA) is 26.0 Å². The summed E-state index contributed by atoms with van der Waals surface area (Å²) in [5.74, 6) is 3.69. The molecule has 3 rings (SSSR count). The van der Waals surface area contributed by atoms with Crippen molar-refractivity contribution in [1.82, 2.24) is 0 Å². The highest BCUT2D eigenvalue weighted by molar-refractivity contribution is 5.32. The summed E-state index contributed by atoms with van der Waals surface area (Å²) in [5.41, 5.74) is 9.64. The lowest BCUT2D eigenvalue weighted by Crippen LogP contribution is -2.39. The molecule has 0 heterocycles. The molecule has 1 heteroatoms. The summed E-state index contributed by atoms with van der Waals surface area (Å²) in [7, 11) is 0. The van der Waals surface area contributed by atoms with Crippen LogP contribution in [-0.2, 0) is 0 Å². The minimum atomic E-state index is 0. The molecule has 0 bridgehead atoms. The average Bonchev–Trinajstić information content (AvgIpc) is 2.42. The van der Waals surface area contributed by atoms with E-state index < -0.39 is 0 Å². The first-order chi connectivity index (χ1) is 6.68. The molecule has 3 aliphatic rings. The molecule has 0 aromatic carbocycles. The van der Waals surface area contributed by atoms with Crippen LogP contribution in [0.5, 0.6) is 0 Å². The summed E-state index contributed by atoms with van der Waals surface area (Å²) in [6.07, 6.45) is 5.34. The van der Waals surface area contributed by atoms with Crippen molar-refractivity contribution in [3.63, 3.8) is 0 Å². The maximum atomic E-state index is 6.09. The van der Waals surface area contributed by atoms with Gasteiger partial charge in [0, 0.05) is 6.04 Å². The van der Waals surface area contributed by atoms with Crippen LogP contribution in [0.4, 0.5) is 0 Å². The first kappa shape index (κ1) is 13.8. The van der Waals surface area contributed by atoms with Gasteiger partial charge in [0.1, 0.15) is 0 Å². The molecule has 3 aliphatic carbocycles. The first-order valence-corrected chi connectivity index (χ1v) is 6.16. The third kappa shape index (κ3) is 1.64. The highest BCUT2D eigenvalue weighted by Gasteiger charge is 2.46. The fourth-order valence-corrected chi connectivity index (χ4v) is 4.04. The van der Waals surface area contributed by atoms with Crippen LogP contribution in [0.1, 0.15) is 54.4 Å². The van der Waals surface area contributed by atoms with Gasteiger partial charge in [0.25, 0.3) is 0 Å². The van der Waals surface area contributed by atoms with Crippen LogP contribution in [0.15, 0.2) is 11.1 Å². The predicted octanol–water partition coefficient (Wildman–Crippen LogP) is 3.99. The van der Waals surface area contributed by atoms with Crippen molar-refractivity contribution < 1.29 is 0 Å². The Morgan fingerprint density at radius 2 is 1.62 bits per heavy atom. The zero-order chi connectivity index (χ0) is 9.87. The third-order valence-corrected chi connectivity index (χ3v) is 5.17. The lowest BCUT2D eigenvalue weighted by molar-refractivity contribution is 0.0966. The van der Waals surface area contributed by atoms with Gasteiger partial charge in [0.05, 0.1) is 0 Å². The van der Waals surface area contributed by atoms with Crippen LogP contribution >= 0.6 is 0 Å². The Kier molecular flexibility index (Phi) is 3.89. The van der Waals surface area contributed by atoms with Gasteiger partial charge in [-0.3, -0.25) is 0 Å². The van der Waals surface area contributed by atoms with E-state index >= 15 is 0 Å². The van der Waals surface area contributed by atoms with Crippen molar-refractivity contribution >= 4 is 0 Å². The number of hydrogen-bond donors (Lipinski definition) is 1. The maximum Gasteiger partial charge on any atom is 0.0114 e. The van der Waals surface area contributed by atoms with Gasteiger partial charge in [0.2, 0.25) is 0 Å². The van der Waals surface area contributed by atoms with Crippen molar-refractivity contribution in [2.24, 2.45) is 29.4 Å². The van der Waals surface area contributed by atoms with Gasteiger partial charge < -0.3 is 5.73 Å². The number of hydrogen-bond acceptors (Lipinski definition) is 1. The molecule has 0 saturated heterocycles. The molecule has 0 amide bonds. The highest BCUT2D eigenvalue weighted by Crippen LogP contribution is 2.56. The first-order valence-electron chi connectivity index (χ1n) is 6.16. The van der Waals surface area contributed by atoms with Gasteiger partial charge in [-0.25, -0.2) is 0 Å². The molecule has 1 fully saturated rings. The van der Waals surface area contributed by atoms with Crippen LogP contribution in [0.3, 0.4) is 0 Å². The number of rotatable bonds is 0. The quantitative estimate of drug-likeness (QED) is 0.617. The number of nitrogens with two attached hydrogens (primary N) is 1. The molecule has 0 radical (unpaired) electrons. The van der Waals surface area contributed by atoms with Crippen molar-refractivity contribution in [3.8, 4) is 0 Å². The zero-order valence-corrected chi connectivity index (χ0v) is 9.29. The minimum absolute atomic E-state index is 0. The van der Waals surface area contributed by atoms with E-state index in [4.69, 9.17) is 5.73 Å². The van der Waals surface area contributed by atoms with E-state index in [9.17, 15) is 0 Å². The van der Waals surface area contributed by atoms with Crippen molar-refractivity contribution in [2.75, 3.05) is 0 Å². The molecule has 2 N–H and O–H groups in total. The van der Waals surface area contributed by atoms with E-state index in [1.165, 1.54) is 25.7 Å². The molecule has 94 valence electrons. The molecule has 0 aliphatic heterocycles. The van der Waals surface area contributed by atoms with Gasteiger partial charge in [-0.1, -0.05) is 39.8 Å². The molecule has 1 nitrogen and oxygen atoms in total. The minimum Gasteiger partial charge on any atom is -0.327 e. The predicted molar refractivity (Wildman–Crippen MR) is 72.2 cm³/mol. The summed E-state index contributed by atoms with van der Waals surface area (Å²) in [5, 5.41) is 0. The zero-order valence-electron chi connectivity index (χ0n) is 9.29. The van der Waals surface area contributed by atoms with Gasteiger partial charge in [0.15, 0.2) is 0 Å². The molecule has 1 saturated carbocycles.